The predicted octanol–water partition coefficient (Wildman–Crippen LogP) is 2.27. The fourth-order valence-electron chi connectivity index (χ4n) is 2.84. The average Bonchev–Trinajstić information content (AvgIpc) is 3.19. The Kier molecular flexibility index (Phi) is 6.98. The van der Waals surface area contributed by atoms with E-state index in [0.717, 1.165) is 0 Å². The van der Waals surface area contributed by atoms with Gasteiger partial charge in [0.05, 0.1) is 18.5 Å². The molecule has 1 aromatic heterocycles. The maximum atomic E-state index is 14.3. The zero-order chi connectivity index (χ0) is 23.3. The first kappa shape index (κ1) is 22.7. The molecule has 2 N–H and O–H groups in total. The van der Waals surface area contributed by atoms with Crippen LogP contribution in [0.15, 0.2) is 36.4 Å². The summed E-state index contributed by atoms with van der Waals surface area (Å²) in [7, 11) is 1.41. The predicted molar refractivity (Wildman–Crippen MR) is 114 cm³/mol. The number of hydrogen-bond acceptors (Lipinski definition) is 7. The fourth-order valence-corrected chi connectivity index (χ4v) is 2.84. The van der Waals surface area contributed by atoms with Gasteiger partial charge in [-0.15, -0.1) is 5.10 Å². The number of benzene rings is 2. The van der Waals surface area contributed by atoms with Crippen molar-refractivity contribution in [1.29, 1.82) is 0 Å². The van der Waals surface area contributed by atoms with Crippen LogP contribution in [-0.2, 0) is 4.79 Å². The van der Waals surface area contributed by atoms with Crippen LogP contribution in [0.2, 0.25) is 0 Å². The van der Waals surface area contributed by atoms with Gasteiger partial charge in [-0.3, -0.25) is 9.59 Å². The van der Waals surface area contributed by atoms with Crippen molar-refractivity contribution in [3.8, 4) is 17.2 Å². The first-order chi connectivity index (χ1) is 15.3. The Morgan fingerprint density at radius 2 is 1.94 bits per heavy atom. The van der Waals surface area contributed by atoms with Gasteiger partial charge in [-0.1, -0.05) is 0 Å². The summed E-state index contributed by atoms with van der Waals surface area (Å²) in [6, 6.07) is 8.57. The summed E-state index contributed by atoms with van der Waals surface area (Å²) in [5.41, 5.74) is 0.668. The Hall–Kier alpha value is -4.02. The minimum atomic E-state index is -0.615. The van der Waals surface area contributed by atoms with E-state index in [1.165, 1.54) is 48.2 Å². The van der Waals surface area contributed by atoms with E-state index in [1.54, 1.807) is 6.92 Å². The van der Waals surface area contributed by atoms with Crippen molar-refractivity contribution >= 4 is 17.5 Å². The second-order valence-corrected chi connectivity index (χ2v) is 7.13. The van der Waals surface area contributed by atoms with Crippen molar-refractivity contribution < 1.29 is 23.5 Å². The molecule has 3 rings (SSSR count). The van der Waals surface area contributed by atoms with Gasteiger partial charge in [0.25, 0.3) is 11.8 Å². The highest BCUT2D eigenvalue weighted by molar-refractivity contribution is 6.04. The molecule has 0 spiro atoms. The standard InChI is InChI=1S/C21H23FN6O4/c1-12(2)23-20(29)11-32-18-8-5-14(9-19(18)31-4)21(30)24-17-10-15(6-7-16(17)22)28-13(3)25-26-27-28/h5-10,12H,11H2,1-4H3,(H,23,29)(H,24,30). The number of nitrogens with one attached hydrogen (secondary N) is 2. The molecule has 0 fully saturated rings. The van der Waals surface area contributed by atoms with Gasteiger partial charge in [0.2, 0.25) is 0 Å². The monoisotopic (exact) mass is 442 g/mol. The van der Waals surface area contributed by atoms with Crippen LogP contribution >= 0.6 is 0 Å². The van der Waals surface area contributed by atoms with Crippen molar-refractivity contribution in [3.63, 3.8) is 0 Å². The smallest absolute Gasteiger partial charge is 0.258 e. The molecule has 0 radical (unpaired) electrons. The Labute approximate surface area is 183 Å². The van der Waals surface area contributed by atoms with Crippen LogP contribution in [0.4, 0.5) is 10.1 Å². The number of methoxy groups -OCH3 is 1. The summed E-state index contributed by atoms with van der Waals surface area (Å²) in [5.74, 6) is -0.389. The third-order valence-corrected chi connectivity index (χ3v) is 4.30. The number of rotatable bonds is 8. The van der Waals surface area contributed by atoms with Crippen LogP contribution in [0, 0.1) is 12.7 Å². The van der Waals surface area contributed by atoms with Crippen molar-refractivity contribution in [1.82, 2.24) is 25.5 Å². The summed E-state index contributed by atoms with van der Waals surface area (Å²) >= 11 is 0. The minimum absolute atomic E-state index is 0.0114. The maximum Gasteiger partial charge on any atom is 0.258 e. The second kappa shape index (κ2) is 9.86. The number of aromatic nitrogens is 4. The number of aryl methyl sites for hydroxylation is 1. The minimum Gasteiger partial charge on any atom is -0.493 e. The van der Waals surface area contributed by atoms with Gasteiger partial charge in [-0.05, 0) is 67.6 Å². The Bertz CT molecular complexity index is 1130. The SMILES string of the molecule is COc1cc(C(=O)Nc2cc(-n3nnnc3C)ccc2F)ccc1OCC(=O)NC(C)C. The number of tetrazole rings is 1. The molecule has 2 amide bonds. The molecule has 0 aliphatic carbocycles. The van der Waals surface area contributed by atoms with Crippen LogP contribution in [-0.4, -0.2) is 51.8 Å². The topological polar surface area (TPSA) is 120 Å². The third-order valence-electron chi connectivity index (χ3n) is 4.30. The number of hydrogen-bond donors (Lipinski definition) is 2. The third kappa shape index (κ3) is 5.36. The van der Waals surface area contributed by atoms with E-state index in [4.69, 9.17) is 9.47 Å². The molecule has 0 unspecified atom stereocenters. The number of nitrogens with zero attached hydrogens (tertiary/aromatic N) is 4. The summed E-state index contributed by atoms with van der Waals surface area (Å²) < 4.78 is 26.5. The number of carbonyl (C=O) groups is 2. The molecular weight excluding hydrogens is 419 g/mol. The lowest BCUT2D eigenvalue weighted by Crippen LogP contribution is -2.34. The Morgan fingerprint density at radius 1 is 1.16 bits per heavy atom. The summed E-state index contributed by atoms with van der Waals surface area (Å²) in [5, 5.41) is 16.4. The van der Waals surface area contributed by atoms with Gasteiger partial charge in [0.15, 0.2) is 23.9 Å². The fraction of sp³-hybridized carbons (Fsp3) is 0.286. The van der Waals surface area contributed by atoms with Gasteiger partial charge < -0.3 is 20.1 Å². The van der Waals surface area contributed by atoms with Crippen molar-refractivity contribution in [3.05, 3.63) is 53.6 Å². The van der Waals surface area contributed by atoms with E-state index in [1.807, 2.05) is 13.8 Å². The molecule has 32 heavy (non-hydrogen) atoms. The zero-order valence-corrected chi connectivity index (χ0v) is 18.0. The van der Waals surface area contributed by atoms with Crippen molar-refractivity contribution in [2.24, 2.45) is 0 Å². The Balaban J connectivity index is 1.75. The van der Waals surface area contributed by atoms with E-state index >= 15 is 0 Å². The van der Waals surface area contributed by atoms with E-state index in [2.05, 4.69) is 26.2 Å². The molecule has 11 heteroatoms. The number of halogens is 1. The molecule has 2 aromatic carbocycles. The molecule has 0 saturated heterocycles. The summed E-state index contributed by atoms with van der Waals surface area (Å²) in [4.78, 5) is 24.5. The lowest BCUT2D eigenvalue weighted by molar-refractivity contribution is -0.123. The lowest BCUT2D eigenvalue weighted by atomic mass is 10.1. The highest BCUT2D eigenvalue weighted by atomic mass is 19.1. The van der Waals surface area contributed by atoms with Crippen molar-refractivity contribution in [2.75, 3.05) is 19.0 Å². The average molecular weight is 442 g/mol. The highest BCUT2D eigenvalue weighted by Crippen LogP contribution is 2.29. The molecule has 0 aliphatic heterocycles. The molecule has 1 heterocycles. The van der Waals surface area contributed by atoms with Gasteiger partial charge in [0, 0.05) is 11.6 Å². The number of anilines is 1. The van der Waals surface area contributed by atoms with Crippen LogP contribution in [0.25, 0.3) is 5.69 Å². The lowest BCUT2D eigenvalue weighted by Gasteiger charge is -2.14. The number of carbonyl (C=O) groups excluding carboxylic acids is 2. The van der Waals surface area contributed by atoms with Gasteiger partial charge in [-0.2, -0.15) is 4.68 Å². The van der Waals surface area contributed by atoms with E-state index in [9.17, 15) is 14.0 Å². The molecule has 168 valence electrons. The zero-order valence-electron chi connectivity index (χ0n) is 18.0. The first-order valence-corrected chi connectivity index (χ1v) is 9.75. The maximum absolute atomic E-state index is 14.3. The van der Waals surface area contributed by atoms with Crippen LogP contribution in [0.5, 0.6) is 11.5 Å². The van der Waals surface area contributed by atoms with E-state index in [-0.39, 0.29) is 35.6 Å². The summed E-state index contributed by atoms with van der Waals surface area (Å²) in [6.07, 6.45) is 0. The number of amides is 2. The second-order valence-electron chi connectivity index (χ2n) is 7.13. The number of ether oxygens (including phenoxy) is 2. The quantitative estimate of drug-likeness (QED) is 0.549. The summed E-state index contributed by atoms with van der Waals surface area (Å²) in [6.45, 7) is 5.18. The molecule has 0 atom stereocenters. The largest absolute Gasteiger partial charge is 0.493 e. The molecule has 0 bridgehead atoms. The molecular formula is C21H23FN6O4. The highest BCUT2D eigenvalue weighted by Gasteiger charge is 2.15. The molecule has 3 aromatic rings. The molecule has 10 nitrogen and oxygen atoms in total. The van der Waals surface area contributed by atoms with Crippen LogP contribution in [0.1, 0.15) is 30.0 Å². The van der Waals surface area contributed by atoms with Crippen LogP contribution < -0.4 is 20.1 Å². The van der Waals surface area contributed by atoms with Crippen LogP contribution in [0.3, 0.4) is 0 Å². The Morgan fingerprint density at radius 3 is 2.59 bits per heavy atom. The normalized spacial score (nSPS) is 10.7. The molecule has 0 saturated carbocycles. The van der Waals surface area contributed by atoms with Gasteiger partial charge in [-0.25, -0.2) is 4.39 Å². The van der Waals surface area contributed by atoms with E-state index < -0.39 is 11.7 Å². The van der Waals surface area contributed by atoms with E-state index in [0.29, 0.717) is 17.3 Å². The first-order valence-electron chi connectivity index (χ1n) is 9.75. The molecule has 0 aliphatic rings. The van der Waals surface area contributed by atoms with Gasteiger partial charge in [0.1, 0.15) is 5.82 Å². The van der Waals surface area contributed by atoms with Gasteiger partial charge >= 0.3 is 0 Å². The van der Waals surface area contributed by atoms with Crippen molar-refractivity contribution in [2.45, 2.75) is 26.8 Å².